The lowest BCUT2D eigenvalue weighted by Gasteiger charge is -2.25. The Morgan fingerprint density at radius 3 is 2.07 bits per heavy atom. The molecule has 0 amide bonds. The van der Waals surface area contributed by atoms with Crippen LogP contribution in [0.15, 0.2) is 138 Å². The summed E-state index contributed by atoms with van der Waals surface area (Å²) in [6.07, 6.45) is -1.32. The number of nitrogens with zero attached hydrogens (tertiary/aromatic N) is 1. The zero-order valence-electron chi connectivity index (χ0n) is 23.8. The van der Waals surface area contributed by atoms with E-state index in [1.54, 1.807) is 66.7 Å². The predicted molar refractivity (Wildman–Crippen MR) is 173 cm³/mol. The maximum atomic E-state index is 14.2. The zero-order chi connectivity index (χ0) is 31.6. The average molecular weight is 618 g/mol. The summed E-state index contributed by atoms with van der Waals surface area (Å²) in [6.45, 7) is -0.840. The molecule has 45 heavy (non-hydrogen) atoms. The van der Waals surface area contributed by atoms with E-state index in [1.807, 2.05) is 48.5 Å². The Morgan fingerprint density at radius 1 is 0.689 bits per heavy atom. The lowest BCUT2D eigenvalue weighted by Crippen LogP contribution is -2.36. The van der Waals surface area contributed by atoms with Gasteiger partial charge in [-0.25, -0.2) is 13.2 Å². The minimum absolute atomic E-state index is 0.0754. The van der Waals surface area contributed by atoms with Gasteiger partial charge in [0.1, 0.15) is 12.3 Å². The Morgan fingerprint density at radius 2 is 1.33 bits per heavy atom. The van der Waals surface area contributed by atoms with E-state index in [-0.39, 0.29) is 16.3 Å². The number of carboxylic acid groups (broad SMARTS) is 2. The first kappa shape index (κ1) is 29.4. The van der Waals surface area contributed by atoms with Crippen molar-refractivity contribution >= 4 is 49.2 Å². The standard InChI is InChI=1S/C36H27NO7S/c38-34(39)23-37(45(42,43)27-15-8-14-26(22-27)29-19-9-13-24-10-4-5-16-28(24)29)32-20-21-33(31-18-7-6-17-30(31)32)44-35(36(40)41)25-11-2-1-3-12-25/h1-22,35H,23H2,(H,38,39)(H,40,41). The number of hydrogen-bond acceptors (Lipinski definition) is 5. The summed E-state index contributed by atoms with van der Waals surface area (Å²) >= 11 is 0. The number of aliphatic carboxylic acids is 2. The van der Waals surface area contributed by atoms with Crippen molar-refractivity contribution in [2.45, 2.75) is 11.0 Å². The smallest absolute Gasteiger partial charge is 0.349 e. The highest BCUT2D eigenvalue weighted by Crippen LogP contribution is 2.38. The third-order valence-corrected chi connectivity index (χ3v) is 9.26. The summed E-state index contributed by atoms with van der Waals surface area (Å²) in [6, 6.07) is 38.1. The van der Waals surface area contributed by atoms with Gasteiger partial charge in [-0.05, 0) is 46.2 Å². The van der Waals surface area contributed by atoms with Gasteiger partial charge < -0.3 is 14.9 Å². The van der Waals surface area contributed by atoms with E-state index in [0.717, 1.165) is 20.6 Å². The third kappa shape index (κ3) is 5.81. The molecule has 0 bridgehead atoms. The van der Waals surface area contributed by atoms with Crippen LogP contribution in [0.4, 0.5) is 5.69 Å². The third-order valence-electron chi connectivity index (χ3n) is 7.50. The van der Waals surface area contributed by atoms with Gasteiger partial charge in [0.2, 0.25) is 6.10 Å². The number of fused-ring (bicyclic) bond motifs is 2. The summed E-state index contributed by atoms with van der Waals surface area (Å²) in [5.41, 5.74) is 2.05. The Bertz CT molecular complexity index is 2160. The predicted octanol–water partition coefficient (Wildman–Crippen LogP) is 7.14. The van der Waals surface area contributed by atoms with Crippen molar-refractivity contribution in [2.24, 2.45) is 0 Å². The Kier molecular flexibility index (Phi) is 7.93. The van der Waals surface area contributed by atoms with E-state index in [2.05, 4.69) is 0 Å². The molecule has 6 aromatic carbocycles. The van der Waals surface area contributed by atoms with Crippen LogP contribution in [0.25, 0.3) is 32.7 Å². The maximum Gasteiger partial charge on any atom is 0.349 e. The fourth-order valence-corrected chi connectivity index (χ4v) is 6.92. The van der Waals surface area contributed by atoms with Crippen LogP contribution in [0.1, 0.15) is 11.7 Å². The van der Waals surface area contributed by atoms with Crippen LogP contribution in [0, 0.1) is 0 Å². The first-order valence-corrected chi connectivity index (χ1v) is 15.5. The van der Waals surface area contributed by atoms with Crippen molar-refractivity contribution in [2.75, 3.05) is 10.8 Å². The number of hydrogen-bond donors (Lipinski definition) is 2. The van der Waals surface area contributed by atoms with Crippen molar-refractivity contribution < 1.29 is 33.0 Å². The van der Waals surface area contributed by atoms with Crippen molar-refractivity contribution in [3.05, 3.63) is 139 Å². The van der Waals surface area contributed by atoms with Crippen molar-refractivity contribution in [1.82, 2.24) is 0 Å². The Hall–Kier alpha value is -5.67. The minimum Gasteiger partial charge on any atom is -0.480 e. The molecule has 224 valence electrons. The van der Waals surface area contributed by atoms with Crippen LogP contribution in [0.5, 0.6) is 5.75 Å². The van der Waals surface area contributed by atoms with E-state index < -0.39 is 34.6 Å². The molecule has 0 aliphatic rings. The molecule has 8 nitrogen and oxygen atoms in total. The number of sulfonamides is 1. The maximum absolute atomic E-state index is 14.2. The molecule has 0 saturated heterocycles. The van der Waals surface area contributed by atoms with Gasteiger partial charge in [-0.2, -0.15) is 0 Å². The van der Waals surface area contributed by atoms with Gasteiger partial charge >= 0.3 is 11.9 Å². The van der Waals surface area contributed by atoms with Crippen LogP contribution in [-0.4, -0.2) is 37.1 Å². The van der Waals surface area contributed by atoms with Crippen LogP contribution >= 0.6 is 0 Å². The van der Waals surface area contributed by atoms with Crippen LogP contribution in [0.2, 0.25) is 0 Å². The summed E-state index contributed by atoms with van der Waals surface area (Å²) in [5, 5.41) is 22.5. The van der Waals surface area contributed by atoms with E-state index in [1.165, 1.54) is 18.2 Å². The number of carbonyl (C=O) groups is 2. The van der Waals surface area contributed by atoms with Gasteiger partial charge in [-0.1, -0.05) is 109 Å². The van der Waals surface area contributed by atoms with Gasteiger partial charge in [-0.15, -0.1) is 0 Å². The molecule has 0 aliphatic carbocycles. The summed E-state index contributed by atoms with van der Waals surface area (Å²) in [7, 11) is -4.40. The molecule has 2 N–H and O–H groups in total. The van der Waals surface area contributed by atoms with Crippen molar-refractivity contribution in [3.63, 3.8) is 0 Å². The summed E-state index contributed by atoms with van der Waals surface area (Å²) in [5.74, 6) is -2.34. The molecule has 1 atom stereocenters. The number of benzene rings is 6. The van der Waals surface area contributed by atoms with Gasteiger partial charge in [-0.3, -0.25) is 9.10 Å². The second-order valence-corrected chi connectivity index (χ2v) is 12.2. The Balaban J connectivity index is 1.45. The second kappa shape index (κ2) is 12.1. The highest BCUT2D eigenvalue weighted by Gasteiger charge is 2.30. The lowest BCUT2D eigenvalue weighted by molar-refractivity contribution is -0.145. The largest absolute Gasteiger partial charge is 0.480 e. The molecule has 1 unspecified atom stereocenters. The quantitative estimate of drug-likeness (QED) is 0.168. The second-order valence-electron chi connectivity index (χ2n) is 10.3. The highest BCUT2D eigenvalue weighted by atomic mass is 32.2. The molecule has 6 aromatic rings. The van der Waals surface area contributed by atoms with Crippen LogP contribution in [-0.2, 0) is 19.6 Å². The van der Waals surface area contributed by atoms with E-state index in [9.17, 15) is 28.2 Å². The molecule has 0 radical (unpaired) electrons. The monoisotopic (exact) mass is 617 g/mol. The topological polar surface area (TPSA) is 121 Å². The molecule has 0 fully saturated rings. The van der Waals surface area contributed by atoms with Gasteiger partial charge in [0.25, 0.3) is 10.0 Å². The molecular weight excluding hydrogens is 590 g/mol. The molecule has 0 saturated carbocycles. The van der Waals surface area contributed by atoms with E-state index >= 15 is 0 Å². The number of ether oxygens (including phenoxy) is 1. The van der Waals surface area contributed by atoms with E-state index in [0.29, 0.717) is 21.9 Å². The first-order valence-electron chi connectivity index (χ1n) is 14.0. The summed E-state index contributed by atoms with van der Waals surface area (Å²) in [4.78, 5) is 24.2. The molecular formula is C36H27NO7S. The molecule has 0 aromatic heterocycles. The highest BCUT2D eigenvalue weighted by molar-refractivity contribution is 7.92. The average Bonchev–Trinajstić information content (AvgIpc) is 3.06. The molecule has 0 heterocycles. The SMILES string of the molecule is O=C(O)CN(c1ccc(OC(C(=O)O)c2ccccc2)c2ccccc12)S(=O)(=O)c1cccc(-c2cccc3ccccc23)c1. The molecule has 6 rings (SSSR count). The number of anilines is 1. The van der Waals surface area contributed by atoms with Gasteiger partial charge in [0, 0.05) is 16.3 Å². The zero-order valence-corrected chi connectivity index (χ0v) is 24.6. The molecule has 0 aliphatic heterocycles. The fourth-order valence-electron chi connectivity index (χ4n) is 5.44. The van der Waals surface area contributed by atoms with Crippen LogP contribution < -0.4 is 9.04 Å². The van der Waals surface area contributed by atoms with Gasteiger partial charge in [0.05, 0.1) is 10.6 Å². The van der Waals surface area contributed by atoms with Crippen molar-refractivity contribution in [1.29, 1.82) is 0 Å². The normalized spacial score (nSPS) is 12.1. The number of rotatable bonds is 10. The lowest BCUT2D eigenvalue weighted by atomic mass is 9.98. The fraction of sp³-hybridized carbons (Fsp3) is 0.0556. The van der Waals surface area contributed by atoms with E-state index in [4.69, 9.17) is 4.74 Å². The molecule has 9 heteroatoms. The van der Waals surface area contributed by atoms with Crippen molar-refractivity contribution in [3.8, 4) is 16.9 Å². The number of carboxylic acids is 2. The van der Waals surface area contributed by atoms with Crippen LogP contribution in [0.3, 0.4) is 0 Å². The summed E-state index contributed by atoms with van der Waals surface area (Å²) < 4.78 is 35.3. The van der Waals surface area contributed by atoms with Gasteiger partial charge in [0.15, 0.2) is 0 Å². The molecule has 0 spiro atoms. The Labute approximate surface area is 259 Å². The minimum atomic E-state index is -4.40. The first-order chi connectivity index (χ1) is 21.7.